The first-order valence-electron chi connectivity index (χ1n) is 5.89. The molecule has 86 valence electrons. The molecule has 0 radical (unpaired) electrons. The summed E-state index contributed by atoms with van der Waals surface area (Å²) in [6, 6.07) is 6.26. The van der Waals surface area contributed by atoms with Gasteiger partial charge >= 0.3 is 0 Å². The van der Waals surface area contributed by atoms with Gasteiger partial charge in [-0.2, -0.15) is 5.26 Å². The Labute approximate surface area is 97.5 Å². The van der Waals surface area contributed by atoms with E-state index in [9.17, 15) is 0 Å². The van der Waals surface area contributed by atoms with E-state index < -0.39 is 0 Å². The van der Waals surface area contributed by atoms with Crippen LogP contribution in [0.3, 0.4) is 0 Å². The first-order valence-corrected chi connectivity index (χ1v) is 5.89. The second kappa shape index (κ2) is 7.84. The van der Waals surface area contributed by atoms with E-state index in [4.69, 9.17) is 5.26 Å². The lowest BCUT2D eigenvalue weighted by Crippen LogP contribution is -2.16. The summed E-state index contributed by atoms with van der Waals surface area (Å²) in [4.78, 5) is 4.37. The van der Waals surface area contributed by atoms with Crippen LogP contribution < -0.4 is 5.32 Å². The molecule has 0 aliphatic heterocycles. The lowest BCUT2D eigenvalue weighted by molar-refractivity contribution is 0.618. The average molecular weight is 217 g/mol. The first-order chi connectivity index (χ1) is 7.88. The summed E-state index contributed by atoms with van der Waals surface area (Å²) in [5.74, 6) is 0. The van der Waals surface area contributed by atoms with Crippen LogP contribution in [0.5, 0.6) is 0 Å². The van der Waals surface area contributed by atoms with E-state index in [0.29, 0.717) is 6.42 Å². The van der Waals surface area contributed by atoms with Gasteiger partial charge in [-0.1, -0.05) is 13.0 Å². The number of nitrogens with one attached hydrogen (secondary N) is 1. The van der Waals surface area contributed by atoms with E-state index in [-0.39, 0.29) is 0 Å². The van der Waals surface area contributed by atoms with E-state index in [1.807, 2.05) is 12.3 Å². The highest BCUT2D eigenvalue weighted by atomic mass is 14.9. The van der Waals surface area contributed by atoms with Gasteiger partial charge in [-0.05, 0) is 37.4 Å². The second-order valence-electron chi connectivity index (χ2n) is 3.75. The predicted octanol–water partition coefficient (Wildman–Crippen LogP) is 2.43. The van der Waals surface area contributed by atoms with Gasteiger partial charge in [-0.25, -0.2) is 0 Å². The van der Waals surface area contributed by atoms with Crippen molar-refractivity contribution < 1.29 is 0 Å². The Balaban J connectivity index is 2.24. The Morgan fingerprint density at radius 1 is 1.44 bits per heavy atom. The van der Waals surface area contributed by atoms with Crippen molar-refractivity contribution in [3.05, 3.63) is 29.6 Å². The third kappa shape index (κ3) is 4.41. The van der Waals surface area contributed by atoms with Crippen LogP contribution >= 0.6 is 0 Å². The fourth-order valence-corrected chi connectivity index (χ4v) is 1.61. The number of rotatable bonds is 7. The maximum absolute atomic E-state index is 8.39. The number of aromatic nitrogens is 1. The number of hydrogen-bond acceptors (Lipinski definition) is 3. The smallest absolute Gasteiger partial charge is 0.0621 e. The Morgan fingerprint density at radius 2 is 2.31 bits per heavy atom. The molecule has 0 aliphatic rings. The number of nitrogens with zero attached hydrogens (tertiary/aromatic N) is 2. The second-order valence-corrected chi connectivity index (χ2v) is 3.75. The van der Waals surface area contributed by atoms with Crippen LogP contribution in [0, 0.1) is 11.3 Å². The monoisotopic (exact) mass is 217 g/mol. The molecule has 0 aromatic carbocycles. The standard InChI is InChI=1S/C13H19N3/c1-2-12-7-6-10-16-13(12)11-15-9-5-3-4-8-14/h6-7,10,15H,2-5,9,11H2,1H3. The maximum atomic E-state index is 8.39. The summed E-state index contributed by atoms with van der Waals surface area (Å²) in [6.07, 6.45) is 5.56. The van der Waals surface area contributed by atoms with Crippen molar-refractivity contribution in [2.45, 2.75) is 39.2 Å². The van der Waals surface area contributed by atoms with E-state index in [2.05, 4.69) is 29.4 Å². The van der Waals surface area contributed by atoms with Crippen molar-refractivity contribution in [1.82, 2.24) is 10.3 Å². The van der Waals surface area contributed by atoms with Gasteiger partial charge in [0.05, 0.1) is 11.8 Å². The highest BCUT2D eigenvalue weighted by Crippen LogP contribution is 2.05. The van der Waals surface area contributed by atoms with Crippen LogP contribution in [0.1, 0.15) is 37.4 Å². The number of pyridine rings is 1. The van der Waals surface area contributed by atoms with E-state index in [1.54, 1.807) is 0 Å². The third-order valence-corrected chi connectivity index (χ3v) is 2.55. The zero-order valence-electron chi connectivity index (χ0n) is 9.87. The van der Waals surface area contributed by atoms with E-state index >= 15 is 0 Å². The minimum Gasteiger partial charge on any atom is -0.311 e. The summed E-state index contributed by atoms with van der Waals surface area (Å²) in [5, 5.41) is 11.8. The summed E-state index contributed by atoms with van der Waals surface area (Å²) < 4.78 is 0. The van der Waals surface area contributed by atoms with Crippen LogP contribution in [0.15, 0.2) is 18.3 Å². The quantitative estimate of drug-likeness (QED) is 0.714. The molecule has 1 rings (SSSR count). The first kappa shape index (κ1) is 12.7. The molecule has 16 heavy (non-hydrogen) atoms. The number of aryl methyl sites for hydroxylation is 1. The maximum Gasteiger partial charge on any atom is 0.0621 e. The predicted molar refractivity (Wildman–Crippen MR) is 64.8 cm³/mol. The Morgan fingerprint density at radius 3 is 3.06 bits per heavy atom. The molecular formula is C13H19N3. The molecule has 0 spiro atoms. The molecular weight excluding hydrogens is 198 g/mol. The highest BCUT2D eigenvalue weighted by Gasteiger charge is 1.99. The molecule has 3 nitrogen and oxygen atoms in total. The van der Waals surface area contributed by atoms with Gasteiger partial charge in [-0.3, -0.25) is 4.98 Å². The van der Waals surface area contributed by atoms with Crippen molar-refractivity contribution >= 4 is 0 Å². The zero-order chi connectivity index (χ0) is 11.6. The van der Waals surface area contributed by atoms with E-state index in [1.165, 1.54) is 5.56 Å². The number of unbranched alkanes of at least 4 members (excludes halogenated alkanes) is 2. The molecule has 0 aliphatic carbocycles. The lowest BCUT2D eigenvalue weighted by atomic mass is 10.1. The molecule has 0 unspecified atom stereocenters. The zero-order valence-corrected chi connectivity index (χ0v) is 9.87. The molecule has 0 saturated carbocycles. The van der Waals surface area contributed by atoms with Gasteiger partial charge in [0.2, 0.25) is 0 Å². The van der Waals surface area contributed by atoms with Gasteiger partial charge in [0.25, 0.3) is 0 Å². The van der Waals surface area contributed by atoms with E-state index in [0.717, 1.165) is 38.0 Å². The SMILES string of the molecule is CCc1cccnc1CNCCCCC#N. The van der Waals surface area contributed by atoms with Gasteiger partial charge in [0, 0.05) is 19.2 Å². The fourth-order valence-electron chi connectivity index (χ4n) is 1.61. The van der Waals surface area contributed by atoms with Crippen LogP contribution in [0.2, 0.25) is 0 Å². The van der Waals surface area contributed by atoms with Crippen molar-refractivity contribution in [3.8, 4) is 6.07 Å². The van der Waals surface area contributed by atoms with Crippen molar-refractivity contribution in [1.29, 1.82) is 5.26 Å². The van der Waals surface area contributed by atoms with Crippen molar-refractivity contribution in [2.24, 2.45) is 0 Å². The third-order valence-electron chi connectivity index (χ3n) is 2.55. The molecule has 1 aromatic rings. The summed E-state index contributed by atoms with van der Waals surface area (Å²) in [7, 11) is 0. The largest absolute Gasteiger partial charge is 0.311 e. The summed E-state index contributed by atoms with van der Waals surface area (Å²) >= 11 is 0. The van der Waals surface area contributed by atoms with Gasteiger partial charge in [0.1, 0.15) is 0 Å². The molecule has 0 amide bonds. The molecule has 1 aromatic heterocycles. The van der Waals surface area contributed by atoms with Crippen LogP contribution in [-0.4, -0.2) is 11.5 Å². The molecule has 1 N–H and O–H groups in total. The minimum atomic E-state index is 0.658. The average Bonchev–Trinajstić information content (AvgIpc) is 2.34. The topological polar surface area (TPSA) is 48.7 Å². The number of hydrogen-bond donors (Lipinski definition) is 1. The fraction of sp³-hybridized carbons (Fsp3) is 0.538. The highest BCUT2D eigenvalue weighted by molar-refractivity contribution is 5.19. The molecule has 3 heteroatoms. The van der Waals surface area contributed by atoms with Crippen LogP contribution in [0.4, 0.5) is 0 Å². The lowest BCUT2D eigenvalue weighted by Gasteiger charge is -2.07. The molecule has 1 heterocycles. The van der Waals surface area contributed by atoms with Crippen molar-refractivity contribution in [2.75, 3.05) is 6.54 Å². The minimum absolute atomic E-state index is 0.658. The summed E-state index contributed by atoms with van der Waals surface area (Å²) in [6.45, 7) is 3.94. The Bertz CT molecular complexity index is 341. The van der Waals surface area contributed by atoms with Crippen LogP contribution in [0.25, 0.3) is 0 Å². The van der Waals surface area contributed by atoms with Gasteiger partial charge in [0.15, 0.2) is 0 Å². The summed E-state index contributed by atoms with van der Waals surface area (Å²) in [5.41, 5.74) is 2.46. The molecule has 0 bridgehead atoms. The Hall–Kier alpha value is -1.40. The van der Waals surface area contributed by atoms with Gasteiger partial charge < -0.3 is 5.32 Å². The normalized spacial score (nSPS) is 10.0. The molecule has 0 atom stereocenters. The number of nitriles is 1. The molecule has 0 fully saturated rings. The molecule has 0 saturated heterocycles. The Kier molecular flexibility index (Phi) is 6.20. The van der Waals surface area contributed by atoms with Crippen molar-refractivity contribution in [3.63, 3.8) is 0 Å². The van der Waals surface area contributed by atoms with Crippen LogP contribution in [-0.2, 0) is 13.0 Å². The van der Waals surface area contributed by atoms with Gasteiger partial charge in [-0.15, -0.1) is 0 Å².